The van der Waals surface area contributed by atoms with Gasteiger partial charge in [0.15, 0.2) is 11.8 Å². The average Bonchev–Trinajstić information content (AvgIpc) is 3.17. The van der Waals surface area contributed by atoms with E-state index in [1.54, 1.807) is 30.7 Å². The number of pyridine rings is 2. The summed E-state index contributed by atoms with van der Waals surface area (Å²) in [6.45, 7) is 0.236. The molecule has 136 valence electrons. The van der Waals surface area contributed by atoms with E-state index in [4.69, 9.17) is 5.26 Å². The Hall–Kier alpha value is -3.54. The maximum Gasteiger partial charge on any atom is 0.265 e. The zero-order valence-corrected chi connectivity index (χ0v) is 14.3. The van der Waals surface area contributed by atoms with Gasteiger partial charge >= 0.3 is 0 Å². The summed E-state index contributed by atoms with van der Waals surface area (Å²) >= 11 is 0. The fourth-order valence-corrected chi connectivity index (χ4v) is 3.24. The summed E-state index contributed by atoms with van der Waals surface area (Å²) in [5.41, 5.74) is 0.300. The molecular weight excluding hydrogens is 349 g/mol. The number of fused-ring (bicyclic) bond motifs is 1. The third-order valence-electron chi connectivity index (χ3n) is 4.66. The van der Waals surface area contributed by atoms with Gasteiger partial charge in [-0.05, 0) is 36.6 Å². The summed E-state index contributed by atoms with van der Waals surface area (Å²) in [4.78, 5) is 22.0. The van der Waals surface area contributed by atoms with Crippen LogP contribution in [-0.4, -0.2) is 49.7 Å². The molecule has 1 amide bonds. The first-order valence-corrected chi connectivity index (χ1v) is 8.49. The number of aromatic nitrogens is 4. The van der Waals surface area contributed by atoms with Crippen molar-refractivity contribution in [2.75, 3.05) is 18.4 Å². The van der Waals surface area contributed by atoms with E-state index in [-0.39, 0.29) is 18.8 Å². The number of hydrogen-bond acceptors (Lipinski definition) is 6. The van der Waals surface area contributed by atoms with Gasteiger partial charge in [-0.1, -0.05) is 0 Å². The van der Waals surface area contributed by atoms with Gasteiger partial charge in [0.1, 0.15) is 5.82 Å². The summed E-state index contributed by atoms with van der Waals surface area (Å²) in [7, 11) is 0. The molecule has 0 radical (unpaired) electrons. The van der Waals surface area contributed by atoms with E-state index in [1.807, 2.05) is 12.3 Å². The fraction of sp³-hybridized carbons (Fsp3) is 0.278. The van der Waals surface area contributed by atoms with Gasteiger partial charge in [0.2, 0.25) is 5.67 Å². The van der Waals surface area contributed by atoms with Crippen LogP contribution in [0.4, 0.5) is 10.2 Å². The van der Waals surface area contributed by atoms with Crippen LogP contribution >= 0.6 is 0 Å². The number of halogens is 1. The number of rotatable bonds is 3. The number of likely N-dealkylation sites (tertiary alicyclic amines) is 1. The van der Waals surface area contributed by atoms with E-state index in [1.165, 1.54) is 4.90 Å². The zero-order chi connectivity index (χ0) is 18.9. The average molecular weight is 365 g/mol. The van der Waals surface area contributed by atoms with Crippen LogP contribution in [0.25, 0.3) is 22.2 Å². The third-order valence-corrected chi connectivity index (χ3v) is 4.66. The van der Waals surface area contributed by atoms with Crippen LogP contribution in [0.3, 0.4) is 0 Å². The summed E-state index contributed by atoms with van der Waals surface area (Å²) < 4.78 is 14.9. The molecule has 0 saturated carbocycles. The quantitative estimate of drug-likeness (QED) is 0.689. The highest BCUT2D eigenvalue weighted by Gasteiger charge is 2.42. The predicted octanol–water partition coefficient (Wildman–Crippen LogP) is 2.24. The van der Waals surface area contributed by atoms with E-state index in [0.29, 0.717) is 18.6 Å². The molecule has 1 saturated heterocycles. The number of hydrogen-bond donors (Lipinski definition) is 2. The number of carbonyl (C=O) groups excluding carboxylic acids is 1. The molecule has 0 unspecified atom stereocenters. The first-order valence-electron chi connectivity index (χ1n) is 8.49. The molecule has 0 spiro atoms. The molecule has 1 aliphatic heterocycles. The Morgan fingerprint density at radius 1 is 1.33 bits per heavy atom. The Kier molecular flexibility index (Phi) is 4.16. The maximum absolute atomic E-state index is 14.9. The highest BCUT2D eigenvalue weighted by Crippen LogP contribution is 2.28. The van der Waals surface area contributed by atoms with E-state index in [9.17, 15) is 9.18 Å². The van der Waals surface area contributed by atoms with Crippen LogP contribution in [0.2, 0.25) is 0 Å². The number of aromatic amines is 1. The van der Waals surface area contributed by atoms with E-state index < -0.39 is 11.6 Å². The zero-order valence-electron chi connectivity index (χ0n) is 14.3. The van der Waals surface area contributed by atoms with Crippen molar-refractivity contribution in [3.8, 4) is 17.3 Å². The van der Waals surface area contributed by atoms with Crippen molar-refractivity contribution in [1.82, 2.24) is 25.1 Å². The molecule has 0 aromatic carbocycles. The Balaban J connectivity index is 1.52. The van der Waals surface area contributed by atoms with Crippen molar-refractivity contribution in [3.05, 3.63) is 36.8 Å². The number of nitrogens with zero attached hydrogens (tertiary/aromatic N) is 5. The van der Waals surface area contributed by atoms with Gasteiger partial charge in [-0.25, -0.2) is 14.4 Å². The Labute approximate surface area is 154 Å². The second-order valence-electron chi connectivity index (χ2n) is 6.47. The lowest BCUT2D eigenvalue weighted by Gasteiger charge is -2.33. The molecule has 3 aromatic heterocycles. The second kappa shape index (κ2) is 6.64. The van der Waals surface area contributed by atoms with Gasteiger partial charge in [-0.15, -0.1) is 0 Å². The minimum atomic E-state index is -2.09. The number of nitriles is 1. The van der Waals surface area contributed by atoms with Crippen molar-refractivity contribution in [2.24, 2.45) is 0 Å². The number of H-pyrrole nitrogens is 1. The molecule has 1 aliphatic rings. The first kappa shape index (κ1) is 16.9. The minimum Gasteiger partial charge on any atom is -0.308 e. The van der Waals surface area contributed by atoms with E-state index in [2.05, 4.69) is 25.5 Å². The predicted molar refractivity (Wildman–Crippen MR) is 96.0 cm³/mol. The van der Waals surface area contributed by atoms with Crippen molar-refractivity contribution < 1.29 is 9.18 Å². The molecule has 9 heteroatoms. The molecule has 8 nitrogen and oxygen atoms in total. The van der Waals surface area contributed by atoms with E-state index in [0.717, 1.165) is 16.5 Å². The van der Waals surface area contributed by atoms with Crippen LogP contribution < -0.4 is 5.32 Å². The molecule has 4 rings (SSSR count). The molecule has 0 aliphatic carbocycles. The van der Waals surface area contributed by atoms with Crippen molar-refractivity contribution in [1.29, 1.82) is 5.26 Å². The lowest BCUT2D eigenvalue weighted by atomic mass is 9.94. The molecule has 27 heavy (non-hydrogen) atoms. The van der Waals surface area contributed by atoms with Crippen LogP contribution in [0.5, 0.6) is 0 Å². The SMILES string of the molecule is N#CN1CCC[C@](F)(C(=O)Nc2ccc(-c3ccnc4[nH]ncc34)cn2)C1. The number of nitrogens with one attached hydrogen (secondary N) is 2. The molecule has 4 heterocycles. The van der Waals surface area contributed by atoms with Gasteiger partial charge in [0.25, 0.3) is 5.91 Å². The topological polar surface area (TPSA) is 111 Å². The van der Waals surface area contributed by atoms with Gasteiger partial charge in [0, 0.05) is 29.9 Å². The summed E-state index contributed by atoms with van der Waals surface area (Å²) in [5.74, 6) is -0.517. The fourth-order valence-electron chi connectivity index (χ4n) is 3.24. The van der Waals surface area contributed by atoms with Crippen LogP contribution in [0.15, 0.2) is 36.8 Å². The van der Waals surface area contributed by atoms with Crippen LogP contribution in [0, 0.1) is 11.5 Å². The third kappa shape index (κ3) is 3.17. The van der Waals surface area contributed by atoms with Crippen LogP contribution in [-0.2, 0) is 4.79 Å². The largest absolute Gasteiger partial charge is 0.308 e. The number of carbonyl (C=O) groups is 1. The maximum atomic E-state index is 14.9. The number of piperidine rings is 1. The highest BCUT2D eigenvalue weighted by molar-refractivity contribution is 5.97. The van der Waals surface area contributed by atoms with Crippen LogP contribution in [0.1, 0.15) is 12.8 Å². The van der Waals surface area contributed by atoms with Gasteiger partial charge in [-0.3, -0.25) is 9.89 Å². The Morgan fingerprint density at radius 2 is 2.22 bits per heavy atom. The minimum absolute atomic E-state index is 0.0879. The lowest BCUT2D eigenvalue weighted by molar-refractivity contribution is -0.130. The van der Waals surface area contributed by atoms with Crippen molar-refractivity contribution >= 4 is 22.8 Å². The standard InChI is InChI=1S/C18H16FN7O/c19-18(5-1-7-26(10-18)11-20)17(27)24-15-3-2-12(8-22-15)13-4-6-21-16-14(13)9-23-25-16/h2-4,6,8-9H,1,5,7,10H2,(H,21,23,25)(H,22,24,27)/t18-/m1/s1. The number of anilines is 1. The number of amides is 1. The Bertz CT molecular complexity index is 1030. The molecule has 1 fully saturated rings. The number of alkyl halides is 1. The molecule has 0 bridgehead atoms. The summed E-state index contributed by atoms with van der Waals surface area (Å²) in [5, 5.41) is 19.1. The first-order chi connectivity index (χ1) is 13.1. The lowest BCUT2D eigenvalue weighted by Crippen LogP contribution is -2.51. The monoisotopic (exact) mass is 365 g/mol. The highest BCUT2D eigenvalue weighted by atomic mass is 19.1. The molecule has 2 N–H and O–H groups in total. The van der Waals surface area contributed by atoms with Gasteiger partial charge < -0.3 is 10.2 Å². The van der Waals surface area contributed by atoms with Gasteiger partial charge in [-0.2, -0.15) is 10.4 Å². The smallest absolute Gasteiger partial charge is 0.265 e. The molecular formula is C18H16FN7O. The molecule has 1 atom stereocenters. The molecule has 3 aromatic rings. The Morgan fingerprint density at radius 3 is 3.00 bits per heavy atom. The summed E-state index contributed by atoms with van der Waals surface area (Å²) in [6, 6.07) is 5.26. The van der Waals surface area contributed by atoms with E-state index >= 15 is 0 Å². The van der Waals surface area contributed by atoms with Crippen molar-refractivity contribution in [3.63, 3.8) is 0 Å². The normalized spacial score (nSPS) is 19.6. The van der Waals surface area contributed by atoms with Crippen molar-refractivity contribution in [2.45, 2.75) is 18.5 Å². The second-order valence-corrected chi connectivity index (χ2v) is 6.47. The summed E-state index contributed by atoms with van der Waals surface area (Å²) in [6.07, 6.45) is 7.40. The van der Waals surface area contributed by atoms with Gasteiger partial charge in [0.05, 0.1) is 12.7 Å².